The van der Waals surface area contributed by atoms with Crippen LogP contribution < -0.4 is 4.72 Å². The average Bonchev–Trinajstić information content (AvgIpc) is 2.57. The maximum absolute atomic E-state index is 13.6. The Hall–Kier alpha value is -0.720. The van der Waals surface area contributed by atoms with Crippen molar-refractivity contribution in [2.24, 2.45) is 0 Å². The molecule has 1 saturated carbocycles. The first-order chi connectivity index (χ1) is 9.40. The number of rotatable bonds is 3. The van der Waals surface area contributed by atoms with Gasteiger partial charge in [0.05, 0.1) is 0 Å². The SMILES string of the molecule is O=S(=O)(NC1CCCCCC1Cl)c1cc(F)ccc1F. The molecule has 2 unspecified atom stereocenters. The largest absolute Gasteiger partial charge is 0.243 e. The molecule has 1 aromatic carbocycles. The lowest BCUT2D eigenvalue weighted by molar-refractivity contribution is 0.504. The zero-order valence-corrected chi connectivity index (χ0v) is 12.4. The lowest BCUT2D eigenvalue weighted by atomic mass is 10.1. The number of halogens is 3. The Morgan fingerprint density at radius 2 is 1.85 bits per heavy atom. The lowest BCUT2D eigenvalue weighted by Gasteiger charge is -2.21. The third-order valence-electron chi connectivity index (χ3n) is 3.42. The Kier molecular flexibility index (Phi) is 4.99. The molecule has 1 aliphatic rings. The highest BCUT2D eigenvalue weighted by Crippen LogP contribution is 2.24. The highest BCUT2D eigenvalue weighted by Gasteiger charge is 2.28. The third-order valence-corrected chi connectivity index (χ3v) is 5.45. The van der Waals surface area contributed by atoms with E-state index in [0.717, 1.165) is 31.4 Å². The number of alkyl halides is 1. The predicted molar refractivity (Wildman–Crippen MR) is 73.2 cm³/mol. The summed E-state index contributed by atoms with van der Waals surface area (Å²) >= 11 is 6.16. The summed E-state index contributed by atoms with van der Waals surface area (Å²) in [6, 6.07) is 1.91. The van der Waals surface area contributed by atoms with Crippen molar-refractivity contribution in [1.29, 1.82) is 0 Å². The van der Waals surface area contributed by atoms with Crippen molar-refractivity contribution in [1.82, 2.24) is 4.72 Å². The van der Waals surface area contributed by atoms with Gasteiger partial charge in [-0.25, -0.2) is 21.9 Å². The molecular formula is C13H16ClF2NO2S. The second kappa shape index (κ2) is 6.37. The maximum Gasteiger partial charge on any atom is 0.243 e. The number of hydrogen-bond donors (Lipinski definition) is 1. The third kappa shape index (κ3) is 3.68. The van der Waals surface area contributed by atoms with Crippen LogP contribution in [0.25, 0.3) is 0 Å². The van der Waals surface area contributed by atoms with Crippen LogP contribution in [0.3, 0.4) is 0 Å². The maximum atomic E-state index is 13.6. The molecule has 7 heteroatoms. The first kappa shape index (κ1) is 15.7. The molecule has 2 rings (SSSR count). The molecule has 0 aliphatic heterocycles. The van der Waals surface area contributed by atoms with E-state index in [4.69, 9.17) is 11.6 Å². The van der Waals surface area contributed by atoms with E-state index in [9.17, 15) is 17.2 Å². The van der Waals surface area contributed by atoms with Gasteiger partial charge in [-0.15, -0.1) is 11.6 Å². The molecule has 0 radical (unpaired) electrons. The summed E-state index contributed by atoms with van der Waals surface area (Å²) in [5.41, 5.74) is 0. The number of benzene rings is 1. The minimum atomic E-state index is -4.11. The van der Waals surface area contributed by atoms with Gasteiger partial charge in [0, 0.05) is 11.4 Å². The quantitative estimate of drug-likeness (QED) is 0.686. The van der Waals surface area contributed by atoms with Gasteiger partial charge < -0.3 is 0 Å². The monoisotopic (exact) mass is 323 g/mol. The van der Waals surface area contributed by atoms with Crippen LogP contribution in [0, 0.1) is 11.6 Å². The molecule has 1 aliphatic carbocycles. The standard InChI is InChI=1S/C13H16ClF2NO2S/c14-10-4-2-1-3-5-12(10)17-20(18,19)13-8-9(15)6-7-11(13)16/h6-8,10,12,17H,1-5H2. The van der Waals surface area contributed by atoms with Crippen molar-refractivity contribution in [2.75, 3.05) is 0 Å². The summed E-state index contributed by atoms with van der Waals surface area (Å²) in [5, 5.41) is -0.330. The first-order valence-electron chi connectivity index (χ1n) is 6.51. The molecule has 112 valence electrons. The van der Waals surface area contributed by atoms with E-state index >= 15 is 0 Å². The molecule has 0 aromatic heterocycles. The smallest absolute Gasteiger partial charge is 0.207 e. The molecule has 0 spiro atoms. The Labute approximate surface area is 122 Å². The molecule has 0 amide bonds. The Balaban J connectivity index is 2.24. The molecule has 2 atom stereocenters. The van der Waals surface area contributed by atoms with Crippen LogP contribution in [0.2, 0.25) is 0 Å². The second-order valence-electron chi connectivity index (χ2n) is 4.96. The van der Waals surface area contributed by atoms with E-state index in [1.165, 1.54) is 0 Å². The van der Waals surface area contributed by atoms with Gasteiger partial charge in [0.15, 0.2) is 0 Å². The van der Waals surface area contributed by atoms with Crippen molar-refractivity contribution in [3.05, 3.63) is 29.8 Å². The van der Waals surface area contributed by atoms with Gasteiger partial charge >= 0.3 is 0 Å². The normalized spacial score (nSPS) is 24.4. The zero-order valence-electron chi connectivity index (χ0n) is 10.8. The summed E-state index contributed by atoms with van der Waals surface area (Å²) < 4.78 is 53.4. The van der Waals surface area contributed by atoms with Crippen molar-refractivity contribution in [2.45, 2.75) is 48.4 Å². The van der Waals surface area contributed by atoms with Crippen LogP contribution in [0.1, 0.15) is 32.1 Å². The van der Waals surface area contributed by atoms with Crippen molar-refractivity contribution >= 4 is 21.6 Å². The fourth-order valence-electron chi connectivity index (χ4n) is 2.34. The zero-order chi connectivity index (χ0) is 14.8. The Bertz CT molecular complexity index is 580. The fourth-order valence-corrected chi connectivity index (χ4v) is 4.16. The predicted octanol–water partition coefficient (Wildman–Crippen LogP) is 3.18. The summed E-state index contributed by atoms with van der Waals surface area (Å²) in [6.07, 6.45) is 4.11. The number of hydrogen-bond acceptors (Lipinski definition) is 2. The molecule has 0 bridgehead atoms. The van der Waals surface area contributed by atoms with E-state index in [1.54, 1.807) is 0 Å². The van der Waals surface area contributed by atoms with Crippen molar-refractivity contribution < 1.29 is 17.2 Å². The summed E-state index contributed by atoms with van der Waals surface area (Å²) in [6.45, 7) is 0. The molecule has 20 heavy (non-hydrogen) atoms. The van der Waals surface area contributed by atoms with Gasteiger partial charge in [0.1, 0.15) is 16.5 Å². The molecular weight excluding hydrogens is 308 g/mol. The van der Waals surface area contributed by atoms with Gasteiger partial charge in [-0.05, 0) is 31.0 Å². The van der Waals surface area contributed by atoms with Crippen LogP contribution in [0.5, 0.6) is 0 Å². The Morgan fingerprint density at radius 3 is 2.60 bits per heavy atom. The molecule has 0 saturated heterocycles. The van der Waals surface area contributed by atoms with E-state index in [1.807, 2.05) is 0 Å². The molecule has 1 N–H and O–H groups in total. The number of sulfonamides is 1. The van der Waals surface area contributed by atoms with Gasteiger partial charge in [0.25, 0.3) is 0 Å². The van der Waals surface area contributed by atoms with E-state index in [-0.39, 0.29) is 5.38 Å². The van der Waals surface area contributed by atoms with Gasteiger partial charge in [0.2, 0.25) is 10.0 Å². The van der Waals surface area contributed by atoms with Crippen LogP contribution in [-0.4, -0.2) is 19.8 Å². The summed E-state index contributed by atoms with van der Waals surface area (Å²) in [5.74, 6) is -1.77. The van der Waals surface area contributed by atoms with Gasteiger partial charge in [-0.1, -0.05) is 19.3 Å². The number of nitrogens with one attached hydrogen (secondary N) is 1. The molecule has 1 aromatic rings. The summed E-state index contributed by atoms with van der Waals surface area (Å²) in [4.78, 5) is -0.675. The fraction of sp³-hybridized carbons (Fsp3) is 0.538. The van der Waals surface area contributed by atoms with Gasteiger partial charge in [-0.2, -0.15) is 0 Å². The average molecular weight is 324 g/mol. The highest BCUT2D eigenvalue weighted by molar-refractivity contribution is 7.89. The Morgan fingerprint density at radius 1 is 1.15 bits per heavy atom. The van der Waals surface area contributed by atoms with E-state index < -0.39 is 32.6 Å². The summed E-state index contributed by atoms with van der Waals surface area (Å²) in [7, 11) is -4.11. The second-order valence-corrected chi connectivity index (χ2v) is 7.20. The molecule has 1 fully saturated rings. The first-order valence-corrected chi connectivity index (χ1v) is 8.43. The van der Waals surface area contributed by atoms with Crippen molar-refractivity contribution in [3.8, 4) is 0 Å². The van der Waals surface area contributed by atoms with Crippen LogP contribution >= 0.6 is 11.6 Å². The van der Waals surface area contributed by atoms with Crippen LogP contribution in [-0.2, 0) is 10.0 Å². The minimum Gasteiger partial charge on any atom is -0.207 e. The molecule has 3 nitrogen and oxygen atoms in total. The van der Waals surface area contributed by atoms with Crippen LogP contribution in [0.15, 0.2) is 23.1 Å². The van der Waals surface area contributed by atoms with Crippen LogP contribution in [0.4, 0.5) is 8.78 Å². The van der Waals surface area contributed by atoms with Gasteiger partial charge in [-0.3, -0.25) is 0 Å². The molecule has 0 heterocycles. The van der Waals surface area contributed by atoms with E-state index in [2.05, 4.69) is 4.72 Å². The highest BCUT2D eigenvalue weighted by atomic mass is 35.5. The lowest BCUT2D eigenvalue weighted by Crippen LogP contribution is -2.40. The van der Waals surface area contributed by atoms with Crippen molar-refractivity contribution in [3.63, 3.8) is 0 Å². The minimum absolute atomic E-state index is 0.330. The topological polar surface area (TPSA) is 46.2 Å². The van der Waals surface area contributed by atoms with E-state index in [0.29, 0.717) is 18.9 Å².